The van der Waals surface area contributed by atoms with Gasteiger partial charge in [-0.05, 0) is 32.6 Å². The fourth-order valence-electron chi connectivity index (χ4n) is 1.94. The Bertz CT molecular complexity index is 416. The van der Waals surface area contributed by atoms with Crippen molar-refractivity contribution >= 4 is 0 Å². The van der Waals surface area contributed by atoms with Crippen molar-refractivity contribution in [2.75, 3.05) is 0 Å². The molecular formula is C13H24N2O. The molecule has 1 N–H and O–H groups in total. The van der Waals surface area contributed by atoms with Gasteiger partial charge in [-0.1, -0.05) is 27.7 Å². The maximum Gasteiger partial charge on any atom is 0.270 e. The Morgan fingerprint density at radius 2 is 1.56 bits per heavy atom. The minimum atomic E-state index is -0.187. The van der Waals surface area contributed by atoms with Crippen LogP contribution in [0.5, 0.6) is 0 Å². The normalized spacial score (nSPS) is 12.8. The highest BCUT2D eigenvalue weighted by molar-refractivity contribution is 5.24. The average molecular weight is 224 g/mol. The molecule has 1 aromatic rings. The fourth-order valence-corrected chi connectivity index (χ4v) is 1.94. The molecule has 0 aliphatic heterocycles. The van der Waals surface area contributed by atoms with Crippen LogP contribution in [0.1, 0.15) is 71.6 Å². The zero-order chi connectivity index (χ0) is 12.7. The van der Waals surface area contributed by atoms with E-state index in [1.165, 1.54) is 0 Å². The van der Waals surface area contributed by atoms with Crippen molar-refractivity contribution in [2.24, 2.45) is 0 Å². The van der Waals surface area contributed by atoms with E-state index in [9.17, 15) is 4.79 Å². The van der Waals surface area contributed by atoms with Gasteiger partial charge in [-0.15, -0.1) is 0 Å². The summed E-state index contributed by atoms with van der Waals surface area (Å²) in [7, 11) is 0. The van der Waals surface area contributed by atoms with E-state index in [0.29, 0.717) is 5.92 Å². The molecule has 0 radical (unpaired) electrons. The Labute approximate surface area is 97.8 Å². The van der Waals surface area contributed by atoms with E-state index in [-0.39, 0.29) is 17.0 Å². The SMILES string of the molecule is CC(C)c1[nH]n(C(C)(C)C)c(=O)c1C(C)C. The van der Waals surface area contributed by atoms with Crippen LogP contribution in [0.2, 0.25) is 0 Å². The highest BCUT2D eigenvalue weighted by Crippen LogP contribution is 2.23. The van der Waals surface area contributed by atoms with Gasteiger partial charge < -0.3 is 0 Å². The Hall–Kier alpha value is -0.990. The lowest BCUT2D eigenvalue weighted by molar-refractivity contribution is 0.342. The van der Waals surface area contributed by atoms with Gasteiger partial charge in [0.2, 0.25) is 0 Å². The van der Waals surface area contributed by atoms with Gasteiger partial charge in [0, 0.05) is 11.3 Å². The van der Waals surface area contributed by atoms with Crippen molar-refractivity contribution in [3.63, 3.8) is 0 Å². The Kier molecular flexibility index (Phi) is 3.36. The number of hydrogen-bond acceptors (Lipinski definition) is 1. The maximum absolute atomic E-state index is 12.3. The first kappa shape index (κ1) is 13.1. The molecule has 0 spiro atoms. The fraction of sp³-hybridized carbons (Fsp3) is 0.769. The van der Waals surface area contributed by atoms with Crippen LogP contribution in [0.4, 0.5) is 0 Å². The molecule has 92 valence electrons. The second-order valence-electron chi connectivity index (χ2n) is 6.06. The number of H-pyrrole nitrogens is 1. The van der Waals surface area contributed by atoms with Gasteiger partial charge in [0.1, 0.15) is 0 Å². The topological polar surface area (TPSA) is 37.8 Å². The van der Waals surface area contributed by atoms with Crippen LogP contribution in [-0.4, -0.2) is 9.78 Å². The van der Waals surface area contributed by atoms with Gasteiger partial charge in [-0.25, -0.2) is 4.68 Å². The molecule has 0 saturated heterocycles. The smallest absolute Gasteiger partial charge is 0.270 e. The quantitative estimate of drug-likeness (QED) is 0.823. The molecule has 0 atom stereocenters. The average Bonchev–Trinajstić information content (AvgIpc) is 2.41. The molecule has 0 aliphatic carbocycles. The second-order valence-corrected chi connectivity index (χ2v) is 6.06. The van der Waals surface area contributed by atoms with E-state index in [0.717, 1.165) is 11.3 Å². The molecule has 0 fully saturated rings. The molecule has 0 saturated carbocycles. The predicted octanol–water partition coefficient (Wildman–Crippen LogP) is 3.18. The van der Waals surface area contributed by atoms with Crippen LogP contribution in [-0.2, 0) is 5.54 Å². The van der Waals surface area contributed by atoms with Gasteiger partial charge in [-0.3, -0.25) is 9.89 Å². The van der Waals surface area contributed by atoms with E-state index in [4.69, 9.17) is 0 Å². The third-order valence-electron chi connectivity index (χ3n) is 2.78. The van der Waals surface area contributed by atoms with Crippen molar-refractivity contribution in [3.05, 3.63) is 21.6 Å². The number of aromatic nitrogens is 2. The van der Waals surface area contributed by atoms with E-state index in [1.54, 1.807) is 4.68 Å². The molecule has 1 heterocycles. The van der Waals surface area contributed by atoms with Gasteiger partial charge in [0.15, 0.2) is 0 Å². The minimum Gasteiger partial charge on any atom is -0.299 e. The molecule has 0 aliphatic rings. The largest absolute Gasteiger partial charge is 0.299 e. The Morgan fingerprint density at radius 1 is 1.06 bits per heavy atom. The summed E-state index contributed by atoms with van der Waals surface area (Å²) in [5.41, 5.74) is 1.96. The van der Waals surface area contributed by atoms with Gasteiger partial charge >= 0.3 is 0 Å². The van der Waals surface area contributed by atoms with E-state index in [1.807, 2.05) is 20.8 Å². The standard InChI is InChI=1S/C13H24N2O/c1-8(2)10-11(9(3)4)14-15(12(10)16)13(5,6)7/h8-9,14H,1-7H3. The lowest BCUT2D eigenvalue weighted by Crippen LogP contribution is -2.33. The van der Waals surface area contributed by atoms with Crippen molar-refractivity contribution in [3.8, 4) is 0 Å². The lowest BCUT2D eigenvalue weighted by Gasteiger charge is -2.19. The number of nitrogens with zero attached hydrogens (tertiary/aromatic N) is 1. The van der Waals surface area contributed by atoms with Gasteiger partial charge in [0.05, 0.1) is 5.54 Å². The molecule has 1 aromatic heterocycles. The zero-order valence-electron chi connectivity index (χ0n) is 11.5. The van der Waals surface area contributed by atoms with Crippen molar-refractivity contribution in [1.82, 2.24) is 9.78 Å². The Morgan fingerprint density at radius 3 is 1.81 bits per heavy atom. The highest BCUT2D eigenvalue weighted by Gasteiger charge is 2.24. The summed E-state index contributed by atoms with van der Waals surface area (Å²) >= 11 is 0. The molecule has 0 aromatic carbocycles. The summed E-state index contributed by atoms with van der Waals surface area (Å²) in [6.45, 7) is 14.5. The predicted molar refractivity (Wildman–Crippen MR) is 68.2 cm³/mol. The molecular weight excluding hydrogens is 200 g/mol. The monoisotopic (exact) mass is 224 g/mol. The second kappa shape index (κ2) is 4.11. The summed E-state index contributed by atoms with van der Waals surface area (Å²) in [6.07, 6.45) is 0. The van der Waals surface area contributed by atoms with Crippen molar-refractivity contribution < 1.29 is 0 Å². The summed E-state index contributed by atoms with van der Waals surface area (Å²) in [5.74, 6) is 0.624. The number of rotatable bonds is 2. The van der Waals surface area contributed by atoms with E-state index in [2.05, 4.69) is 32.8 Å². The summed E-state index contributed by atoms with van der Waals surface area (Å²) in [5, 5.41) is 3.27. The summed E-state index contributed by atoms with van der Waals surface area (Å²) in [6, 6.07) is 0. The first-order valence-corrected chi connectivity index (χ1v) is 6.01. The molecule has 1 rings (SSSR count). The van der Waals surface area contributed by atoms with Crippen LogP contribution >= 0.6 is 0 Å². The summed E-state index contributed by atoms with van der Waals surface area (Å²) in [4.78, 5) is 12.3. The molecule has 16 heavy (non-hydrogen) atoms. The first-order chi connectivity index (χ1) is 7.16. The first-order valence-electron chi connectivity index (χ1n) is 6.01. The van der Waals surface area contributed by atoms with Gasteiger partial charge in [-0.2, -0.15) is 0 Å². The third-order valence-corrected chi connectivity index (χ3v) is 2.78. The van der Waals surface area contributed by atoms with Crippen molar-refractivity contribution in [2.45, 2.75) is 65.8 Å². The molecule has 3 heteroatoms. The van der Waals surface area contributed by atoms with Crippen LogP contribution in [0.3, 0.4) is 0 Å². The van der Waals surface area contributed by atoms with Crippen LogP contribution in [0, 0.1) is 0 Å². The van der Waals surface area contributed by atoms with Crippen LogP contribution < -0.4 is 5.56 Å². The van der Waals surface area contributed by atoms with E-state index < -0.39 is 0 Å². The maximum atomic E-state index is 12.3. The van der Waals surface area contributed by atoms with Crippen LogP contribution in [0.25, 0.3) is 0 Å². The lowest BCUT2D eigenvalue weighted by atomic mass is 9.98. The van der Waals surface area contributed by atoms with Crippen molar-refractivity contribution in [1.29, 1.82) is 0 Å². The number of nitrogens with one attached hydrogen (secondary N) is 1. The molecule has 0 unspecified atom stereocenters. The number of aromatic amines is 1. The third kappa shape index (κ3) is 2.23. The Balaban J connectivity index is 3.49. The van der Waals surface area contributed by atoms with Crippen LogP contribution in [0.15, 0.2) is 4.79 Å². The zero-order valence-corrected chi connectivity index (χ0v) is 11.5. The van der Waals surface area contributed by atoms with E-state index >= 15 is 0 Å². The molecule has 3 nitrogen and oxygen atoms in total. The highest BCUT2D eigenvalue weighted by atomic mass is 16.1. The minimum absolute atomic E-state index is 0.131. The summed E-state index contributed by atoms with van der Waals surface area (Å²) < 4.78 is 1.75. The van der Waals surface area contributed by atoms with Gasteiger partial charge in [0.25, 0.3) is 5.56 Å². The molecule has 0 bridgehead atoms. The number of hydrogen-bond donors (Lipinski definition) is 1. The molecule has 0 amide bonds.